The van der Waals surface area contributed by atoms with Crippen molar-refractivity contribution >= 4 is 10.0 Å². The van der Waals surface area contributed by atoms with Crippen molar-refractivity contribution in [1.29, 1.82) is 0 Å². The van der Waals surface area contributed by atoms with E-state index in [4.69, 9.17) is 4.74 Å². The summed E-state index contributed by atoms with van der Waals surface area (Å²) in [6.07, 6.45) is -0.597. The Labute approximate surface area is 125 Å². The van der Waals surface area contributed by atoms with Crippen molar-refractivity contribution in [2.75, 3.05) is 6.61 Å². The molecule has 0 unspecified atom stereocenters. The molecule has 2 bridgehead atoms. The van der Waals surface area contributed by atoms with Crippen LogP contribution in [0.3, 0.4) is 0 Å². The van der Waals surface area contributed by atoms with Gasteiger partial charge in [-0.25, -0.2) is 8.42 Å². The van der Waals surface area contributed by atoms with Gasteiger partial charge in [0.15, 0.2) is 0 Å². The lowest BCUT2D eigenvalue weighted by Crippen LogP contribution is -2.55. The van der Waals surface area contributed by atoms with E-state index in [1.165, 1.54) is 4.31 Å². The van der Waals surface area contributed by atoms with Crippen molar-refractivity contribution in [3.63, 3.8) is 0 Å². The van der Waals surface area contributed by atoms with Gasteiger partial charge in [-0.3, -0.25) is 0 Å². The van der Waals surface area contributed by atoms with Gasteiger partial charge in [0, 0.05) is 0 Å². The molecular formula is C15H21NO4S. The third-order valence-corrected chi connectivity index (χ3v) is 6.48. The minimum atomic E-state index is -3.63. The SMILES string of the molecule is CC(C)[C@@H]1C[C@H]2OC[C@@H]([C@H]1O)N2S(=O)(=O)c1ccccc1. The van der Waals surface area contributed by atoms with Gasteiger partial charge >= 0.3 is 0 Å². The van der Waals surface area contributed by atoms with Gasteiger partial charge in [-0.1, -0.05) is 32.0 Å². The molecule has 2 saturated heterocycles. The Morgan fingerprint density at radius 3 is 2.57 bits per heavy atom. The van der Waals surface area contributed by atoms with Gasteiger partial charge in [0.05, 0.1) is 23.6 Å². The van der Waals surface area contributed by atoms with Crippen LogP contribution >= 0.6 is 0 Å². The largest absolute Gasteiger partial charge is 0.391 e. The highest BCUT2D eigenvalue weighted by atomic mass is 32.2. The zero-order chi connectivity index (χ0) is 15.2. The van der Waals surface area contributed by atoms with Gasteiger partial charge in [-0.2, -0.15) is 4.31 Å². The Morgan fingerprint density at radius 1 is 1.29 bits per heavy atom. The van der Waals surface area contributed by atoms with Crippen molar-refractivity contribution in [3.8, 4) is 0 Å². The number of aliphatic hydroxyl groups is 1. The number of ether oxygens (including phenoxy) is 1. The van der Waals surface area contributed by atoms with Crippen LogP contribution in [0, 0.1) is 11.8 Å². The Balaban J connectivity index is 1.95. The lowest BCUT2D eigenvalue weighted by Gasteiger charge is -2.41. The van der Waals surface area contributed by atoms with Crippen LogP contribution in [-0.4, -0.2) is 42.8 Å². The first-order valence-electron chi connectivity index (χ1n) is 7.31. The van der Waals surface area contributed by atoms with E-state index in [1.807, 2.05) is 0 Å². The number of aliphatic hydroxyl groups excluding tert-OH is 1. The second-order valence-corrected chi connectivity index (χ2v) is 7.98. The molecule has 0 aromatic heterocycles. The maximum atomic E-state index is 12.8. The molecule has 4 atom stereocenters. The van der Waals surface area contributed by atoms with Crippen molar-refractivity contribution in [1.82, 2.24) is 4.31 Å². The van der Waals surface area contributed by atoms with Gasteiger partial charge in [-0.05, 0) is 30.4 Å². The average Bonchev–Trinajstić information content (AvgIpc) is 2.82. The topological polar surface area (TPSA) is 66.8 Å². The maximum Gasteiger partial charge on any atom is 0.245 e. The molecule has 1 aromatic rings. The van der Waals surface area contributed by atoms with Crippen molar-refractivity contribution < 1.29 is 18.3 Å². The van der Waals surface area contributed by atoms with Crippen LogP contribution in [0.1, 0.15) is 20.3 Å². The first-order chi connectivity index (χ1) is 9.93. The fourth-order valence-electron chi connectivity index (χ4n) is 3.36. The number of nitrogens with zero attached hydrogens (tertiary/aromatic N) is 1. The van der Waals surface area contributed by atoms with Gasteiger partial charge in [-0.15, -0.1) is 0 Å². The van der Waals surface area contributed by atoms with E-state index < -0.39 is 28.4 Å². The number of rotatable bonds is 3. The summed E-state index contributed by atoms with van der Waals surface area (Å²) in [6.45, 7) is 4.37. The van der Waals surface area contributed by atoms with Crippen LogP contribution in [0.25, 0.3) is 0 Å². The third-order valence-electron chi connectivity index (χ3n) is 4.55. The molecule has 0 aliphatic carbocycles. The molecule has 0 saturated carbocycles. The van der Waals surface area contributed by atoms with Crippen LogP contribution < -0.4 is 0 Å². The second-order valence-electron chi connectivity index (χ2n) is 6.14. The number of piperidine rings is 1. The molecule has 2 fully saturated rings. The molecule has 2 aliphatic heterocycles. The van der Waals surface area contributed by atoms with E-state index in [9.17, 15) is 13.5 Å². The molecule has 0 amide bonds. The second kappa shape index (κ2) is 5.35. The monoisotopic (exact) mass is 311 g/mol. The summed E-state index contributed by atoms with van der Waals surface area (Å²) in [5.41, 5.74) is 0. The minimum absolute atomic E-state index is 0.0738. The molecule has 1 N–H and O–H groups in total. The first-order valence-corrected chi connectivity index (χ1v) is 8.75. The van der Waals surface area contributed by atoms with E-state index in [1.54, 1.807) is 30.3 Å². The fourth-order valence-corrected chi connectivity index (χ4v) is 5.11. The fraction of sp³-hybridized carbons (Fsp3) is 0.600. The summed E-state index contributed by atoms with van der Waals surface area (Å²) >= 11 is 0. The zero-order valence-corrected chi connectivity index (χ0v) is 13.0. The average molecular weight is 311 g/mol. The molecule has 2 aliphatic rings. The molecule has 0 radical (unpaired) electrons. The van der Waals surface area contributed by atoms with Gasteiger partial charge in [0.25, 0.3) is 0 Å². The summed E-state index contributed by atoms with van der Waals surface area (Å²) < 4.78 is 32.6. The van der Waals surface area contributed by atoms with Crippen molar-refractivity contribution in [3.05, 3.63) is 30.3 Å². The van der Waals surface area contributed by atoms with E-state index in [0.717, 1.165) is 0 Å². The predicted octanol–water partition coefficient (Wildman–Crippen LogP) is 1.44. The lowest BCUT2D eigenvalue weighted by atomic mass is 9.82. The van der Waals surface area contributed by atoms with Crippen LogP contribution in [0.5, 0.6) is 0 Å². The van der Waals surface area contributed by atoms with Gasteiger partial charge in [0.2, 0.25) is 10.0 Å². The Morgan fingerprint density at radius 2 is 1.95 bits per heavy atom. The predicted molar refractivity (Wildman–Crippen MR) is 77.9 cm³/mol. The minimum Gasteiger partial charge on any atom is -0.391 e. The Hall–Kier alpha value is -0.950. The lowest BCUT2D eigenvalue weighted by molar-refractivity contribution is -0.0340. The summed E-state index contributed by atoms with van der Waals surface area (Å²) in [7, 11) is -3.63. The molecule has 1 aromatic carbocycles. The summed E-state index contributed by atoms with van der Waals surface area (Å²) in [6, 6.07) is 7.86. The van der Waals surface area contributed by atoms with Gasteiger partial charge in [0.1, 0.15) is 6.23 Å². The smallest absolute Gasteiger partial charge is 0.245 e. The van der Waals surface area contributed by atoms with Crippen LogP contribution in [0.4, 0.5) is 0 Å². The Kier molecular flexibility index (Phi) is 3.81. The maximum absolute atomic E-state index is 12.8. The summed E-state index contributed by atoms with van der Waals surface area (Å²) in [5, 5.41) is 10.5. The van der Waals surface area contributed by atoms with Crippen LogP contribution in [0.2, 0.25) is 0 Å². The highest BCUT2D eigenvalue weighted by Gasteiger charge is 2.53. The normalized spacial score (nSPS) is 33.5. The third kappa shape index (κ3) is 2.40. The van der Waals surface area contributed by atoms with Crippen LogP contribution in [-0.2, 0) is 14.8 Å². The Bertz CT molecular complexity index is 601. The quantitative estimate of drug-likeness (QED) is 0.917. The zero-order valence-electron chi connectivity index (χ0n) is 12.2. The van der Waals surface area contributed by atoms with Crippen molar-refractivity contribution in [2.45, 2.75) is 43.5 Å². The van der Waals surface area contributed by atoms with E-state index >= 15 is 0 Å². The highest BCUT2D eigenvalue weighted by Crippen LogP contribution is 2.40. The highest BCUT2D eigenvalue weighted by molar-refractivity contribution is 7.89. The molecule has 6 heteroatoms. The van der Waals surface area contributed by atoms with E-state index in [-0.39, 0.29) is 17.4 Å². The van der Waals surface area contributed by atoms with Gasteiger partial charge < -0.3 is 9.84 Å². The summed E-state index contributed by atoms with van der Waals surface area (Å²) in [4.78, 5) is 0.251. The van der Waals surface area contributed by atoms with E-state index in [2.05, 4.69) is 13.8 Å². The molecule has 5 nitrogen and oxygen atoms in total. The number of hydrogen-bond donors (Lipinski definition) is 1. The number of hydrogen-bond acceptors (Lipinski definition) is 4. The van der Waals surface area contributed by atoms with E-state index in [0.29, 0.717) is 12.3 Å². The number of fused-ring (bicyclic) bond motifs is 2. The van der Waals surface area contributed by atoms with Crippen LogP contribution in [0.15, 0.2) is 35.2 Å². The molecule has 21 heavy (non-hydrogen) atoms. The molecular weight excluding hydrogens is 290 g/mol. The number of sulfonamides is 1. The van der Waals surface area contributed by atoms with Crippen molar-refractivity contribution in [2.24, 2.45) is 11.8 Å². The first kappa shape index (κ1) is 15.0. The summed E-state index contributed by atoms with van der Waals surface area (Å²) in [5.74, 6) is 0.373. The molecule has 2 heterocycles. The molecule has 3 rings (SSSR count). The molecule has 116 valence electrons. The standard InChI is InChI=1S/C15H21NO4S/c1-10(2)12-8-14-16(13(9-20-14)15(12)17)21(18,19)11-6-4-3-5-7-11/h3-7,10,12-15,17H,8-9H2,1-2H3/t12-,13-,14+,15-/m0/s1. The molecule has 0 spiro atoms. The number of benzene rings is 1.